The number of rotatable bonds is 5. The highest BCUT2D eigenvalue weighted by Gasteiger charge is 2.14. The molecule has 0 radical (unpaired) electrons. The van der Waals surface area contributed by atoms with Crippen molar-refractivity contribution in [3.8, 4) is 27.6 Å². The van der Waals surface area contributed by atoms with Crippen LogP contribution in [-0.4, -0.2) is 22.7 Å². The van der Waals surface area contributed by atoms with E-state index < -0.39 is 12.6 Å². The lowest BCUT2D eigenvalue weighted by Gasteiger charge is -2.05. The minimum atomic E-state index is -1.08. The number of carbonyl (C=O) groups is 1. The molecule has 0 fully saturated rings. The minimum Gasteiger partial charge on any atom is -0.482 e. The summed E-state index contributed by atoms with van der Waals surface area (Å²) in [6.07, 6.45) is 1.37. The molecule has 4 rings (SSSR count). The number of benzene rings is 2. The Hall–Kier alpha value is -3.45. The average Bonchev–Trinajstić information content (AvgIpc) is 3.17. The predicted molar refractivity (Wildman–Crippen MR) is 102 cm³/mol. The molecular weight excluding hydrogens is 366 g/mol. The van der Waals surface area contributed by atoms with Crippen molar-refractivity contribution in [1.29, 1.82) is 0 Å². The fourth-order valence-corrected chi connectivity index (χ4v) is 3.46. The van der Waals surface area contributed by atoms with E-state index in [2.05, 4.69) is 4.98 Å². The van der Waals surface area contributed by atoms with Gasteiger partial charge in [0.05, 0.1) is 16.6 Å². The van der Waals surface area contributed by atoms with E-state index in [1.807, 2.05) is 35.7 Å². The number of hydrogen-bond donors (Lipinski definition) is 1. The van der Waals surface area contributed by atoms with Crippen molar-refractivity contribution in [3.05, 3.63) is 70.4 Å². The van der Waals surface area contributed by atoms with Crippen molar-refractivity contribution in [2.45, 2.75) is 0 Å². The fourth-order valence-electron chi connectivity index (χ4n) is 2.63. The van der Waals surface area contributed by atoms with E-state index in [0.29, 0.717) is 28.0 Å². The Morgan fingerprint density at radius 3 is 2.78 bits per heavy atom. The zero-order valence-electron chi connectivity index (χ0n) is 13.9. The van der Waals surface area contributed by atoms with E-state index >= 15 is 0 Å². The number of carboxylic acids is 1. The Bertz CT molecular complexity index is 1180. The first-order chi connectivity index (χ1) is 13.1. The first-order valence-electron chi connectivity index (χ1n) is 8.03. The molecule has 4 aromatic rings. The molecule has 0 unspecified atom stereocenters. The van der Waals surface area contributed by atoms with Crippen LogP contribution in [0.3, 0.4) is 0 Å². The molecule has 0 saturated heterocycles. The van der Waals surface area contributed by atoms with Gasteiger partial charge in [0.1, 0.15) is 22.6 Å². The summed E-state index contributed by atoms with van der Waals surface area (Å²) in [4.78, 5) is 28.0. The second-order valence-electron chi connectivity index (χ2n) is 5.72. The van der Waals surface area contributed by atoms with Gasteiger partial charge in [0.2, 0.25) is 5.43 Å². The van der Waals surface area contributed by atoms with Gasteiger partial charge < -0.3 is 14.3 Å². The van der Waals surface area contributed by atoms with Crippen LogP contribution in [0.4, 0.5) is 0 Å². The molecule has 2 heterocycles. The summed E-state index contributed by atoms with van der Waals surface area (Å²) in [5.74, 6) is -0.759. The molecule has 2 aromatic heterocycles. The molecule has 27 heavy (non-hydrogen) atoms. The first-order valence-corrected chi connectivity index (χ1v) is 8.91. The minimum absolute atomic E-state index is 0.203. The Labute approximate surface area is 157 Å². The number of ether oxygens (including phenoxy) is 1. The first kappa shape index (κ1) is 17.0. The third-order valence-corrected chi connectivity index (χ3v) is 4.80. The van der Waals surface area contributed by atoms with Crippen molar-refractivity contribution in [2.75, 3.05) is 6.61 Å². The molecule has 0 amide bonds. The lowest BCUT2D eigenvalue weighted by atomic mass is 10.1. The zero-order valence-corrected chi connectivity index (χ0v) is 14.7. The normalized spacial score (nSPS) is 10.8. The quantitative estimate of drug-likeness (QED) is 0.563. The Morgan fingerprint density at radius 1 is 1.19 bits per heavy atom. The highest BCUT2D eigenvalue weighted by molar-refractivity contribution is 7.13. The molecule has 6 nitrogen and oxygen atoms in total. The van der Waals surface area contributed by atoms with E-state index in [4.69, 9.17) is 14.3 Å². The van der Waals surface area contributed by atoms with Crippen LogP contribution in [0.15, 0.2) is 69.4 Å². The summed E-state index contributed by atoms with van der Waals surface area (Å²) in [7, 11) is 0. The van der Waals surface area contributed by atoms with Gasteiger partial charge in [0.25, 0.3) is 0 Å². The Balaban J connectivity index is 1.70. The van der Waals surface area contributed by atoms with Crippen LogP contribution in [0.2, 0.25) is 0 Å². The van der Waals surface area contributed by atoms with Gasteiger partial charge in [-0.25, -0.2) is 9.78 Å². The smallest absolute Gasteiger partial charge is 0.341 e. The van der Waals surface area contributed by atoms with Gasteiger partial charge >= 0.3 is 5.97 Å². The summed E-state index contributed by atoms with van der Waals surface area (Å²) < 4.78 is 10.7. The average molecular weight is 379 g/mol. The van der Waals surface area contributed by atoms with Crippen LogP contribution in [0.5, 0.6) is 5.75 Å². The molecule has 0 aliphatic heterocycles. The lowest BCUT2D eigenvalue weighted by Crippen LogP contribution is -2.10. The van der Waals surface area contributed by atoms with E-state index in [1.165, 1.54) is 23.7 Å². The summed E-state index contributed by atoms with van der Waals surface area (Å²) in [6, 6.07) is 14.3. The third-order valence-electron chi connectivity index (χ3n) is 3.91. The number of thiazole rings is 1. The number of aromatic nitrogens is 1. The van der Waals surface area contributed by atoms with Crippen LogP contribution in [0, 0.1) is 0 Å². The highest BCUT2D eigenvalue weighted by atomic mass is 32.1. The maximum atomic E-state index is 12.8. The van der Waals surface area contributed by atoms with Gasteiger partial charge in [-0.2, -0.15) is 0 Å². The fraction of sp³-hybridized carbons (Fsp3) is 0.0500. The number of hydrogen-bond acceptors (Lipinski definition) is 6. The van der Waals surface area contributed by atoms with Crippen molar-refractivity contribution >= 4 is 28.3 Å². The predicted octanol–water partition coefficient (Wildman–Crippen LogP) is 4.05. The molecule has 0 bridgehead atoms. The summed E-state index contributed by atoms with van der Waals surface area (Å²) in [6.45, 7) is -0.463. The maximum absolute atomic E-state index is 12.8. The molecule has 0 spiro atoms. The van der Waals surface area contributed by atoms with Gasteiger partial charge in [-0.3, -0.25) is 4.79 Å². The molecule has 1 N–H and O–H groups in total. The second kappa shape index (κ2) is 7.05. The maximum Gasteiger partial charge on any atom is 0.341 e. The number of nitrogens with zero attached hydrogens (tertiary/aromatic N) is 1. The molecule has 0 atom stereocenters. The van der Waals surface area contributed by atoms with E-state index in [1.54, 1.807) is 12.1 Å². The number of fused-ring (bicyclic) bond motifs is 1. The van der Waals surface area contributed by atoms with E-state index in [9.17, 15) is 9.59 Å². The molecule has 134 valence electrons. The standard InChI is InChI=1S/C20H13NO5S/c22-18(23)10-25-13-6-7-14-17(8-13)26-9-15(19(14)24)16-11-27-20(21-16)12-4-2-1-3-5-12/h1-9,11H,10H2,(H,22,23). The SMILES string of the molecule is O=C(O)COc1ccc2c(=O)c(-c3csc(-c4ccccc4)n3)coc2c1. The van der Waals surface area contributed by atoms with Crippen molar-refractivity contribution in [2.24, 2.45) is 0 Å². The summed E-state index contributed by atoms with van der Waals surface area (Å²) >= 11 is 1.46. The molecular formula is C20H13NO5S. The molecule has 0 saturated carbocycles. The van der Waals surface area contributed by atoms with E-state index in [-0.39, 0.29) is 5.43 Å². The largest absolute Gasteiger partial charge is 0.482 e. The van der Waals surface area contributed by atoms with Crippen LogP contribution in [-0.2, 0) is 4.79 Å². The van der Waals surface area contributed by atoms with Crippen molar-refractivity contribution < 1.29 is 19.1 Å². The van der Waals surface area contributed by atoms with Crippen LogP contribution in [0.25, 0.3) is 32.8 Å². The summed E-state index contributed by atoms with van der Waals surface area (Å²) in [5.41, 5.74) is 2.04. The van der Waals surface area contributed by atoms with Crippen LogP contribution < -0.4 is 10.2 Å². The van der Waals surface area contributed by atoms with Gasteiger partial charge in [0.15, 0.2) is 6.61 Å². The number of aliphatic carboxylic acids is 1. The van der Waals surface area contributed by atoms with Gasteiger partial charge in [-0.1, -0.05) is 30.3 Å². The van der Waals surface area contributed by atoms with Gasteiger partial charge in [-0.05, 0) is 12.1 Å². The van der Waals surface area contributed by atoms with Crippen LogP contribution in [0.1, 0.15) is 0 Å². The molecule has 0 aliphatic rings. The molecule has 0 aliphatic carbocycles. The highest BCUT2D eigenvalue weighted by Crippen LogP contribution is 2.29. The monoisotopic (exact) mass is 379 g/mol. The summed E-state index contributed by atoms with van der Waals surface area (Å²) in [5, 5.41) is 11.7. The van der Waals surface area contributed by atoms with Crippen molar-refractivity contribution in [3.63, 3.8) is 0 Å². The van der Waals surface area contributed by atoms with Crippen LogP contribution >= 0.6 is 11.3 Å². The third kappa shape index (κ3) is 3.45. The zero-order chi connectivity index (χ0) is 18.8. The van der Waals surface area contributed by atoms with Crippen molar-refractivity contribution in [1.82, 2.24) is 4.98 Å². The number of carboxylic acid groups (broad SMARTS) is 1. The van der Waals surface area contributed by atoms with Gasteiger partial charge in [-0.15, -0.1) is 11.3 Å². The Morgan fingerprint density at radius 2 is 2.00 bits per heavy atom. The Kier molecular flexibility index (Phi) is 4.43. The topological polar surface area (TPSA) is 89.6 Å². The molecule has 2 aromatic carbocycles. The van der Waals surface area contributed by atoms with E-state index in [0.717, 1.165) is 10.6 Å². The second-order valence-corrected chi connectivity index (χ2v) is 6.58. The lowest BCUT2D eigenvalue weighted by molar-refractivity contribution is -0.139. The molecule has 7 heteroatoms. The van der Waals surface area contributed by atoms with Gasteiger partial charge in [0, 0.05) is 17.0 Å².